The molecule has 0 aromatic heterocycles. The van der Waals surface area contributed by atoms with Crippen molar-refractivity contribution in [1.29, 1.82) is 0 Å². The van der Waals surface area contributed by atoms with Crippen molar-refractivity contribution in [2.75, 3.05) is 0 Å². The van der Waals surface area contributed by atoms with Gasteiger partial charge in [-0.1, -0.05) is 48.4 Å². The lowest BCUT2D eigenvalue weighted by Gasteiger charge is -2.06. The Balaban J connectivity index is 2.12. The second-order valence-electron chi connectivity index (χ2n) is 4.73. The number of amides is 1. The van der Waals surface area contributed by atoms with Crippen LogP contribution in [-0.2, 0) is 0 Å². The van der Waals surface area contributed by atoms with Crippen molar-refractivity contribution in [3.63, 3.8) is 0 Å². The van der Waals surface area contributed by atoms with Gasteiger partial charge in [0.25, 0.3) is 5.91 Å². The van der Waals surface area contributed by atoms with Gasteiger partial charge >= 0.3 is 0 Å². The van der Waals surface area contributed by atoms with E-state index < -0.39 is 0 Å². The maximum atomic E-state index is 12.0. The first-order valence-electron chi connectivity index (χ1n) is 6.79. The van der Waals surface area contributed by atoms with E-state index in [9.17, 15) is 4.79 Å². The molecule has 21 heavy (non-hydrogen) atoms. The fourth-order valence-electron chi connectivity index (χ4n) is 1.88. The van der Waals surface area contributed by atoms with Crippen LogP contribution in [0.15, 0.2) is 53.6 Å². The second kappa shape index (κ2) is 7.04. The summed E-state index contributed by atoms with van der Waals surface area (Å²) in [6, 6.07) is 14.8. The van der Waals surface area contributed by atoms with Crippen LogP contribution >= 0.6 is 11.6 Å². The summed E-state index contributed by atoms with van der Waals surface area (Å²) < 4.78 is 0. The van der Waals surface area contributed by atoms with E-state index in [0.717, 1.165) is 23.3 Å². The first kappa shape index (κ1) is 15.3. The predicted octanol–water partition coefficient (Wildman–Crippen LogP) is 4.19. The van der Waals surface area contributed by atoms with Crippen molar-refractivity contribution >= 4 is 23.2 Å². The number of benzene rings is 2. The second-order valence-corrected chi connectivity index (χ2v) is 5.16. The molecule has 0 aliphatic carbocycles. The maximum Gasteiger partial charge on any atom is 0.271 e. The molecule has 2 aromatic rings. The van der Waals surface area contributed by atoms with Crippen molar-refractivity contribution in [3.05, 3.63) is 70.2 Å². The third-order valence-corrected chi connectivity index (χ3v) is 3.37. The fourth-order valence-corrected chi connectivity index (χ4v) is 2.00. The summed E-state index contributed by atoms with van der Waals surface area (Å²) >= 11 is 5.87. The van der Waals surface area contributed by atoms with Gasteiger partial charge in [-0.2, -0.15) is 5.10 Å². The zero-order valence-electron chi connectivity index (χ0n) is 12.1. The molecule has 0 radical (unpaired) electrons. The normalized spacial score (nSPS) is 11.3. The van der Waals surface area contributed by atoms with Crippen molar-refractivity contribution in [2.24, 2.45) is 5.10 Å². The van der Waals surface area contributed by atoms with E-state index in [1.165, 1.54) is 0 Å². The van der Waals surface area contributed by atoms with Crippen molar-refractivity contribution in [1.82, 2.24) is 5.43 Å². The summed E-state index contributed by atoms with van der Waals surface area (Å²) in [7, 11) is 0. The average molecular weight is 301 g/mol. The summed E-state index contributed by atoms with van der Waals surface area (Å²) in [6.07, 6.45) is 0.718. The molecule has 0 heterocycles. The Labute approximate surface area is 129 Å². The van der Waals surface area contributed by atoms with Crippen LogP contribution in [0.25, 0.3) is 0 Å². The van der Waals surface area contributed by atoms with Crippen molar-refractivity contribution in [3.8, 4) is 0 Å². The van der Waals surface area contributed by atoms with Crippen LogP contribution in [-0.4, -0.2) is 11.6 Å². The predicted molar refractivity (Wildman–Crippen MR) is 86.9 cm³/mol. The number of rotatable bonds is 4. The summed E-state index contributed by atoms with van der Waals surface area (Å²) in [6.45, 7) is 3.97. The van der Waals surface area contributed by atoms with Gasteiger partial charge in [-0.25, -0.2) is 5.43 Å². The molecule has 2 rings (SSSR count). The highest BCUT2D eigenvalue weighted by Gasteiger charge is 2.06. The van der Waals surface area contributed by atoms with Crippen LogP contribution in [0.2, 0.25) is 5.02 Å². The molecular weight excluding hydrogens is 284 g/mol. The lowest BCUT2D eigenvalue weighted by atomic mass is 10.1. The summed E-state index contributed by atoms with van der Waals surface area (Å²) in [4.78, 5) is 12.0. The first-order valence-corrected chi connectivity index (χ1v) is 7.17. The van der Waals surface area contributed by atoms with Gasteiger partial charge in [0.1, 0.15) is 0 Å². The standard InChI is InChI=1S/C17H17ClN2O/c1-3-16(13-8-10-15(18)11-9-13)19-20-17(21)14-6-4-12(2)5-7-14/h4-11H,3H2,1-2H3,(H,20,21). The van der Waals surface area contributed by atoms with E-state index >= 15 is 0 Å². The number of hydrogen-bond acceptors (Lipinski definition) is 2. The van der Waals surface area contributed by atoms with Crippen LogP contribution in [0.3, 0.4) is 0 Å². The van der Waals surface area contributed by atoms with E-state index in [1.54, 1.807) is 12.1 Å². The van der Waals surface area contributed by atoms with Crippen LogP contribution < -0.4 is 5.43 Å². The molecule has 0 aliphatic rings. The zero-order chi connectivity index (χ0) is 15.2. The number of carbonyl (C=O) groups excluding carboxylic acids is 1. The Bertz CT molecular complexity index is 645. The molecule has 0 spiro atoms. The maximum absolute atomic E-state index is 12.0. The topological polar surface area (TPSA) is 41.5 Å². The largest absolute Gasteiger partial charge is 0.271 e. The lowest BCUT2D eigenvalue weighted by Crippen LogP contribution is -2.19. The van der Waals surface area contributed by atoms with Gasteiger partial charge in [0, 0.05) is 10.6 Å². The SMILES string of the molecule is CCC(=NNC(=O)c1ccc(C)cc1)c1ccc(Cl)cc1. The molecule has 0 bridgehead atoms. The fraction of sp³-hybridized carbons (Fsp3) is 0.176. The molecule has 4 heteroatoms. The number of carbonyl (C=O) groups is 1. The molecule has 0 saturated carbocycles. The smallest absolute Gasteiger partial charge is 0.267 e. The van der Waals surface area contributed by atoms with Gasteiger partial charge in [-0.15, -0.1) is 0 Å². The van der Waals surface area contributed by atoms with E-state index in [2.05, 4.69) is 10.5 Å². The molecule has 2 aromatic carbocycles. The van der Waals surface area contributed by atoms with Crippen LogP contribution in [0.1, 0.15) is 34.8 Å². The van der Waals surface area contributed by atoms with Gasteiger partial charge in [0.05, 0.1) is 5.71 Å². The Morgan fingerprint density at radius 2 is 1.62 bits per heavy atom. The Kier molecular flexibility index (Phi) is 5.12. The third-order valence-electron chi connectivity index (χ3n) is 3.12. The van der Waals surface area contributed by atoms with Crippen molar-refractivity contribution < 1.29 is 4.79 Å². The first-order chi connectivity index (χ1) is 10.1. The van der Waals surface area contributed by atoms with Crippen LogP contribution in [0, 0.1) is 6.92 Å². The number of aryl methyl sites for hydroxylation is 1. The molecule has 1 amide bonds. The summed E-state index contributed by atoms with van der Waals surface area (Å²) in [5, 5.41) is 4.89. The molecule has 0 unspecified atom stereocenters. The number of hydrazone groups is 1. The van der Waals surface area contributed by atoms with E-state index in [-0.39, 0.29) is 5.91 Å². The molecule has 1 N–H and O–H groups in total. The zero-order valence-corrected chi connectivity index (χ0v) is 12.8. The molecule has 0 fully saturated rings. The third kappa shape index (κ3) is 4.17. The number of hydrogen-bond donors (Lipinski definition) is 1. The summed E-state index contributed by atoms with van der Waals surface area (Å²) in [5.41, 5.74) is 6.07. The Morgan fingerprint density at radius 1 is 1.05 bits per heavy atom. The van der Waals surface area contributed by atoms with E-state index in [4.69, 9.17) is 11.6 Å². The molecule has 0 aliphatic heterocycles. The average Bonchev–Trinajstić information content (AvgIpc) is 2.50. The number of nitrogens with zero attached hydrogens (tertiary/aromatic N) is 1. The lowest BCUT2D eigenvalue weighted by molar-refractivity contribution is 0.0955. The van der Waals surface area contributed by atoms with Gasteiger partial charge in [-0.3, -0.25) is 4.79 Å². The van der Waals surface area contributed by atoms with Gasteiger partial charge < -0.3 is 0 Å². The monoisotopic (exact) mass is 300 g/mol. The Hall–Kier alpha value is -2.13. The molecule has 3 nitrogen and oxygen atoms in total. The highest BCUT2D eigenvalue weighted by molar-refractivity contribution is 6.30. The Morgan fingerprint density at radius 3 is 2.19 bits per heavy atom. The van der Waals surface area contributed by atoms with Crippen LogP contribution in [0.4, 0.5) is 0 Å². The minimum atomic E-state index is -0.213. The van der Waals surface area contributed by atoms with Gasteiger partial charge in [-0.05, 0) is 43.2 Å². The molecular formula is C17H17ClN2O. The minimum absolute atomic E-state index is 0.213. The number of nitrogens with one attached hydrogen (secondary N) is 1. The van der Waals surface area contributed by atoms with Gasteiger partial charge in [0.2, 0.25) is 0 Å². The molecule has 0 saturated heterocycles. The van der Waals surface area contributed by atoms with E-state index in [1.807, 2.05) is 50.2 Å². The van der Waals surface area contributed by atoms with E-state index in [0.29, 0.717) is 10.6 Å². The molecule has 0 atom stereocenters. The van der Waals surface area contributed by atoms with Gasteiger partial charge in [0.15, 0.2) is 0 Å². The quantitative estimate of drug-likeness (QED) is 0.667. The number of halogens is 1. The highest BCUT2D eigenvalue weighted by atomic mass is 35.5. The van der Waals surface area contributed by atoms with Crippen molar-refractivity contribution in [2.45, 2.75) is 20.3 Å². The molecule has 108 valence electrons. The highest BCUT2D eigenvalue weighted by Crippen LogP contribution is 2.11. The minimum Gasteiger partial charge on any atom is -0.267 e. The summed E-state index contributed by atoms with van der Waals surface area (Å²) in [5.74, 6) is -0.213. The van der Waals surface area contributed by atoms with Crippen LogP contribution in [0.5, 0.6) is 0 Å².